The molecular formula is C13H27N3O2. The Bertz CT molecular complexity index is 267. The van der Waals surface area contributed by atoms with Crippen LogP contribution in [0.3, 0.4) is 0 Å². The van der Waals surface area contributed by atoms with Crippen molar-refractivity contribution in [3.05, 3.63) is 11.9 Å². The fourth-order valence-electron chi connectivity index (χ4n) is 1.62. The van der Waals surface area contributed by atoms with Crippen LogP contribution >= 0.6 is 0 Å². The Balaban J connectivity index is 3.91. The minimum absolute atomic E-state index is 0.179. The molecule has 5 nitrogen and oxygen atoms in total. The second kappa shape index (κ2) is 9.76. The number of hydrazine groups is 1. The molecular weight excluding hydrogens is 230 g/mol. The van der Waals surface area contributed by atoms with E-state index in [1.54, 1.807) is 18.1 Å². The van der Waals surface area contributed by atoms with Crippen LogP contribution in [0.4, 0.5) is 0 Å². The number of hydrogen-bond acceptors (Lipinski definition) is 5. The minimum Gasteiger partial charge on any atom is -0.466 e. The number of nitrogens with two attached hydrogens (primary N) is 2. The molecule has 1 unspecified atom stereocenters. The molecule has 0 radical (unpaired) electrons. The van der Waals surface area contributed by atoms with E-state index in [2.05, 4.69) is 13.8 Å². The van der Waals surface area contributed by atoms with Crippen LogP contribution in [0.25, 0.3) is 0 Å². The molecule has 0 heterocycles. The Morgan fingerprint density at radius 1 is 1.44 bits per heavy atom. The SMILES string of the molecule is CCCC(C)/C(N)=C/N(N)CCCC(=O)OCC. The molecule has 0 aliphatic heterocycles. The lowest BCUT2D eigenvalue weighted by molar-refractivity contribution is -0.143. The van der Waals surface area contributed by atoms with E-state index in [-0.39, 0.29) is 5.97 Å². The predicted molar refractivity (Wildman–Crippen MR) is 73.1 cm³/mol. The van der Waals surface area contributed by atoms with E-state index in [4.69, 9.17) is 16.3 Å². The van der Waals surface area contributed by atoms with Crippen molar-refractivity contribution in [2.24, 2.45) is 17.5 Å². The van der Waals surface area contributed by atoms with Gasteiger partial charge < -0.3 is 15.5 Å². The number of hydrogen-bond donors (Lipinski definition) is 2. The van der Waals surface area contributed by atoms with E-state index in [1.165, 1.54) is 0 Å². The predicted octanol–water partition coefficient (Wildman–Crippen LogP) is 1.74. The van der Waals surface area contributed by atoms with E-state index in [0.717, 1.165) is 18.5 Å². The van der Waals surface area contributed by atoms with Crippen molar-refractivity contribution < 1.29 is 9.53 Å². The third-order valence-electron chi connectivity index (χ3n) is 2.71. The smallest absolute Gasteiger partial charge is 0.305 e. The number of carbonyl (C=O) groups is 1. The fraction of sp³-hybridized carbons (Fsp3) is 0.769. The van der Waals surface area contributed by atoms with Gasteiger partial charge in [0.15, 0.2) is 0 Å². The summed E-state index contributed by atoms with van der Waals surface area (Å²) in [6.45, 7) is 7.03. The van der Waals surface area contributed by atoms with Crippen molar-refractivity contribution in [3.63, 3.8) is 0 Å². The summed E-state index contributed by atoms with van der Waals surface area (Å²) in [5.74, 6) is 5.95. The molecule has 0 rings (SSSR count). The second-order valence-electron chi connectivity index (χ2n) is 4.47. The van der Waals surface area contributed by atoms with Crippen molar-refractivity contribution in [1.29, 1.82) is 0 Å². The maximum Gasteiger partial charge on any atom is 0.305 e. The molecule has 0 aliphatic rings. The van der Waals surface area contributed by atoms with Crippen LogP contribution in [-0.4, -0.2) is 24.1 Å². The van der Waals surface area contributed by atoms with E-state index in [9.17, 15) is 4.79 Å². The summed E-state index contributed by atoms with van der Waals surface area (Å²) in [4.78, 5) is 11.1. The number of rotatable bonds is 9. The number of carbonyl (C=O) groups excluding carboxylic acids is 1. The Morgan fingerprint density at radius 3 is 2.67 bits per heavy atom. The number of nitrogens with zero attached hydrogens (tertiary/aromatic N) is 1. The van der Waals surface area contributed by atoms with E-state index in [1.807, 2.05) is 0 Å². The molecule has 0 aromatic heterocycles. The highest BCUT2D eigenvalue weighted by molar-refractivity contribution is 5.69. The van der Waals surface area contributed by atoms with Gasteiger partial charge in [-0.15, -0.1) is 0 Å². The van der Waals surface area contributed by atoms with Gasteiger partial charge in [0.1, 0.15) is 0 Å². The number of ether oxygens (including phenoxy) is 1. The third kappa shape index (κ3) is 7.95. The highest BCUT2D eigenvalue weighted by Gasteiger charge is 2.06. The van der Waals surface area contributed by atoms with Crippen LogP contribution in [-0.2, 0) is 9.53 Å². The lowest BCUT2D eigenvalue weighted by Gasteiger charge is -2.17. The first-order chi connectivity index (χ1) is 8.51. The molecule has 106 valence electrons. The van der Waals surface area contributed by atoms with Crippen LogP contribution in [0.15, 0.2) is 11.9 Å². The first-order valence-corrected chi connectivity index (χ1v) is 6.65. The highest BCUT2D eigenvalue weighted by Crippen LogP contribution is 2.11. The van der Waals surface area contributed by atoms with Gasteiger partial charge in [-0.25, -0.2) is 5.84 Å². The van der Waals surface area contributed by atoms with E-state index in [0.29, 0.717) is 31.9 Å². The standard InChI is InChI=1S/C13H27N3O2/c1-4-7-11(3)12(14)10-16(15)9-6-8-13(17)18-5-2/h10-11H,4-9,14-15H2,1-3H3/b12-10-. The van der Waals surface area contributed by atoms with Crippen molar-refractivity contribution >= 4 is 5.97 Å². The average molecular weight is 257 g/mol. The molecule has 0 aliphatic carbocycles. The molecule has 0 saturated heterocycles. The van der Waals surface area contributed by atoms with Gasteiger partial charge in [-0.05, 0) is 25.7 Å². The summed E-state index contributed by atoms with van der Waals surface area (Å²) >= 11 is 0. The molecule has 4 N–H and O–H groups in total. The van der Waals surface area contributed by atoms with E-state index >= 15 is 0 Å². The van der Waals surface area contributed by atoms with Gasteiger partial charge in [-0.1, -0.05) is 20.3 Å². The monoisotopic (exact) mass is 257 g/mol. The zero-order valence-electron chi connectivity index (χ0n) is 11.8. The molecule has 0 saturated carbocycles. The van der Waals surface area contributed by atoms with Crippen LogP contribution in [0.1, 0.15) is 46.5 Å². The zero-order valence-corrected chi connectivity index (χ0v) is 11.8. The summed E-state index contributed by atoms with van der Waals surface area (Å²) in [5, 5.41) is 1.54. The molecule has 5 heteroatoms. The van der Waals surface area contributed by atoms with Gasteiger partial charge >= 0.3 is 5.97 Å². The third-order valence-corrected chi connectivity index (χ3v) is 2.71. The van der Waals surface area contributed by atoms with Crippen molar-refractivity contribution in [3.8, 4) is 0 Å². The maximum absolute atomic E-state index is 11.1. The second-order valence-corrected chi connectivity index (χ2v) is 4.47. The van der Waals surface area contributed by atoms with Gasteiger partial charge in [0.05, 0.1) is 6.61 Å². The maximum atomic E-state index is 11.1. The fourth-order valence-corrected chi connectivity index (χ4v) is 1.62. The van der Waals surface area contributed by atoms with Gasteiger partial charge in [0, 0.05) is 24.9 Å². The average Bonchev–Trinajstić information content (AvgIpc) is 2.29. The molecule has 0 spiro atoms. The Labute approximate surface area is 110 Å². The normalized spacial score (nSPS) is 13.2. The summed E-state index contributed by atoms with van der Waals surface area (Å²) in [6.07, 6.45) is 4.97. The lowest BCUT2D eigenvalue weighted by atomic mass is 10.0. The molecule has 0 bridgehead atoms. The Hall–Kier alpha value is -1.23. The first kappa shape index (κ1) is 16.8. The lowest BCUT2D eigenvalue weighted by Crippen LogP contribution is -2.29. The minimum atomic E-state index is -0.179. The summed E-state index contributed by atoms with van der Waals surface area (Å²) < 4.78 is 4.84. The highest BCUT2D eigenvalue weighted by atomic mass is 16.5. The topological polar surface area (TPSA) is 81.6 Å². The van der Waals surface area contributed by atoms with Gasteiger partial charge in [0.2, 0.25) is 0 Å². The summed E-state index contributed by atoms with van der Waals surface area (Å²) in [6, 6.07) is 0. The molecule has 0 amide bonds. The quantitative estimate of drug-likeness (QED) is 0.373. The van der Waals surface area contributed by atoms with Gasteiger partial charge in [-0.2, -0.15) is 0 Å². The van der Waals surface area contributed by atoms with Crippen molar-refractivity contribution in [1.82, 2.24) is 5.01 Å². The van der Waals surface area contributed by atoms with Crippen LogP contribution in [0.5, 0.6) is 0 Å². The molecule has 0 aromatic rings. The largest absolute Gasteiger partial charge is 0.466 e. The van der Waals surface area contributed by atoms with Crippen LogP contribution in [0, 0.1) is 5.92 Å². The molecule has 0 aromatic carbocycles. The summed E-state index contributed by atoms with van der Waals surface area (Å²) in [5.41, 5.74) is 6.72. The summed E-state index contributed by atoms with van der Waals surface area (Å²) in [7, 11) is 0. The molecule has 18 heavy (non-hydrogen) atoms. The van der Waals surface area contributed by atoms with Crippen LogP contribution in [0.2, 0.25) is 0 Å². The zero-order chi connectivity index (χ0) is 14.0. The molecule has 0 fully saturated rings. The van der Waals surface area contributed by atoms with E-state index < -0.39 is 0 Å². The Kier molecular flexibility index (Phi) is 9.10. The number of esters is 1. The van der Waals surface area contributed by atoms with Gasteiger partial charge in [-0.3, -0.25) is 4.79 Å². The van der Waals surface area contributed by atoms with Crippen molar-refractivity contribution in [2.45, 2.75) is 46.5 Å². The van der Waals surface area contributed by atoms with Crippen molar-refractivity contribution in [2.75, 3.05) is 13.2 Å². The van der Waals surface area contributed by atoms with Gasteiger partial charge in [0.25, 0.3) is 0 Å². The first-order valence-electron chi connectivity index (χ1n) is 6.65. The number of allylic oxidation sites excluding steroid dienone is 1. The Morgan fingerprint density at radius 2 is 2.11 bits per heavy atom. The molecule has 1 atom stereocenters. The van der Waals surface area contributed by atoms with Crippen LogP contribution < -0.4 is 11.6 Å².